The zero-order valence-corrected chi connectivity index (χ0v) is 7.56. The third-order valence-electron chi connectivity index (χ3n) is 1.71. The van der Waals surface area contributed by atoms with Crippen molar-refractivity contribution in [1.82, 2.24) is 0 Å². The first-order valence-electron chi connectivity index (χ1n) is 3.82. The average Bonchev–Trinajstić information content (AvgIpc) is 2.19. The largest absolute Gasteiger partial charge is 0.465 e. The van der Waals surface area contributed by atoms with Gasteiger partial charge >= 0.3 is 5.97 Å². The van der Waals surface area contributed by atoms with Crippen LogP contribution < -0.4 is 0 Å². The maximum Gasteiger partial charge on any atom is 0.340 e. The number of alkyl halides is 2. The summed E-state index contributed by atoms with van der Waals surface area (Å²) in [6.07, 6.45) is -3.19. The van der Waals surface area contributed by atoms with E-state index in [-0.39, 0.29) is 0 Å². The van der Waals surface area contributed by atoms with Crippen molar-refractivity contribution in [2.45, 2.75) is 6.43 Å². The molecule has 0 N–H and O–H groups in total. The fourth-order valence-electron chi connectivity index (χ4n) is 1.03. The Labute approximate surface area is 82.5 Å². The highest BCUT2D eigenvalue weighted by molar-refractivity contribution is 5.89. The molecule has 0 aliphatic rings. The van der Waals surface area contributed by atoms with Crippen molar-refractivity contribution in [1.29, 1.82) is 0 Å². The molecule has 0 aliphatic heterocycles. The second-order valence-electron chi connectivity index (χ2n) is 2.65. The number of carbonyl (C=O) groups is 1. The Kier molecular flexibility index (Phi) is 3.28. The molecule has 1 rings (SSSR count). The minimum Gasteiger partial charge on any atom is -0.465 e. The van der Waals surface area contributed by atoms with E-state index in [0.717, 1.165) is 7.11 Å². The molecule has 0 heterocycles. The first-order valence-corrected chi connectivity index (χ1v) is 3.82. The van der Waals surface area contributed by atoms with E-state index in [1.165, 1.54) is 0 Å². The lowest BCUT2D eigenvalue weighted by molar-refractivity contribution is 0.0593. The molecule has 0 bridgehead atoms. The zero-order chi connectivity index (χ0) is 11.6. The second-order valence-corrected chi connectivity index (χ2v) is 2.65. The van der Waals surface area contributed by atoms with Gasteiger partial charge in [0.1, 0.15) is 11.6 Å². The van der Waals surface area contributed by atoms with Crippen LogP contribution in [-0.2, 0) is 4.74 Å². The summed E-state index contributed by atoms with van der Waals surface area (Å²) in [4.78, 5) is 10.9. The van der Waals surface area contributed by atoms with Crippen molar-refractivity contribution in [3.63, 3.8) is 0 Å². The van der Waals surface area contributed by atoms with Crippen LogP contribution in [0, 0.1) is 11.6 Å². The molecular weight excluding hydrogens is 216 g/mol. The number of carbonyl (C=O) groups excluding carboxylic acids is 1. The quantitative estimate of drug-likeness (QED) is 0.568. The topological polar surface area (TPSA) is 26.3 Å². The van der Waals surface area contributed by atoms with Crippen molar-refractivity contribution < 1.29 is 27.1 Å². The predicted molar refractivity (Wildman–Crippen MR) is 42.7 cm³/mol. The first-order chi connectivity index (χ1) is 6.97. The summed E-state index contributed by atoms with van der Waals surface area (Å²) in [5.74, 6) is -3.78. The van der Waals surface area contributed by atoms with Gasteiger partial charge in [-0.05, 0) is 12.1 Å². The SMILES string of the molecule is COC(=O)c1cc(F)cc(C(F)F)c1F. The lowest BCUT2D eigenvalue weighted by Crippen LogP contribution is -2.08. The predicted octanol–water partition coefficient (Wildman–Crippen LogP) is 2.69. The Balaban J connectivity index is 3.34. The molecule has 0 atom stereocenters. The number of methoxy groups -OCH3 is 1. The molecule has 0 saturated carbocycles. The van der Waals surface area contributed by atoms with Crippen molar-refractivity contribution in [2.75, 3.05) is 7.11 Å². The number of esters is 1. The molecule has 0 amide bonds. The number of halogens is 4. The van der Waals surface area contributed by atoms with Gasteiger partial charge in [0.05, 0.1) is 18.2 Å². The summed E-state index contributed by atoms with van der Waals surface area (Å²) in [6, 6.07) is 0.847. The van der Waals surface area contributed by atoms with E-state index in [1.807, 2.05) is 0 Å². The number of ether oxygens (including phenoxy) is 1. The molecule has 0 aromatic heterocycles. The number of rotatable bonds is 2. The van der Waals surface area contributed by atoms with Gasteiger partial charge < -0.3 is 4.74 Å². The van der Waals surface area contributed by atoms with Gasteiger partial charge in [0, 0.05) is 0 Å². The molecule has 0 radical (unpaired) electrons. The Hall–Kier alpha value is -1.59. The van der Waals surface area contributed by atoms with E-state index in [9.17, 15) is 22.4 Å². The fourth-order valence-corrected chi connectivity index (χ4v) is 1.03. The van der Waals surface area contributed by atoms with E-state index in [0.29, 0.717) is 12.1 Å². The number of hydrogen-bond acceptors (Lipinski definition) is 2. The summed E-state index contributed by atoms with van der Waals surface area (Å²) in [7, 11) is 0.939. The van der Waals surface area contributed by atoms with E-state index < -0.39 is 35.2 Å². The van der Waals surface area contributed by atoms with Gasteiger partial charge in [0.2, 0.25) is 0 Å². The van der Waals surface area contributed by atoms with Crippen LogP contribution in [0.1, 0.15) is 22.3 Å². The Morgan fingerprint density at radius 2 is 1.93 bits per heavy atom. The summed E-state index contributed by atoms with van der Waals surface area (Å²) < 4.78 is 54.5. The molecule has 0 unspecified atom stereocenters. The Bertz CT molecular complexity index is 390. The Morgan fingerprint density at radius 3 is 2.40 bits per heavy atom. The third-order valence-corrected chi connectivity index (χ3v) is 1.71. The van der Waals surface area contributed by atoms with Crippen LogP contribution >= 0.6 is 0 Å². The van der Waals surface area contributed by atoms with Crippen molar-refractivity contribution in [2.24, 2.45) is 0 Å². The molecule has 15 heavy (non-hydrogen) atoms. The summed E-state index contributed by atoms with van der Waals surface area (Å²) in [5.41, 5.74) is -2.00. The molecule has 0 fully saturated rings. The maximum absolute atomic E-state index is 13.2. The zero-order valence-electron chi connectivity index (χ0n) is 7.56. The molecule has 82 valence electrons. The van der Waals surface area contributed by atoms with E-state index in [2.05, 4.69) is 4.74 Å². The van der Waals surface area contributed by atoms with Crippen LogP contribution in [0.25, 0.3) is 0 Å². The first kappa shape index (κ1) is 11.5. The smallest absolute Gasteiger partial charge is 0.340 e. The highest BCUT2D eigenvalue weighted by atomic mass is 19.3. The fraction of sp³-hybridized carbons (Fsp3) is 0.222. The van der Waals surface area contributed by atoms with Gasteiger partial charge in [-0.3, -0.25) is 0 Å². The van der Waals surface area contributed by atoms with Crippen LogP contribution in [0.4, 0.5) is 17.6 Å². The molecule has 0 aliphatic carbocycles. The lowest BCUT2D eigenvalue weighted by atomic mass is 10.1. The molecule has 2 nitrogen and oxygen atoms in total. The molecule has 0 saturated heterocycles. The van der Waals surface area contributed by atoms with Gasteiger partial charge in [0.15, 0.2) is 0 Å². The Morgan fingerprint density at radius 1 is 1.33 bits per heavy atom. The van der Waals surface area contributed by atoms with Gasteiger partial charge in [-0.1, -0.05) is 0 Å². The summed E-state index contributed by atoms with van der Waals surface area (Å²) >= 11 is 0. The van der Waals surface area contributed by atoms with E-state index >= 15 is 0 Å². The highest BCUT2D eigenvalue weighted by Crippen LogP contribution is 2.25. The van der Waals surface area contributed by atoms with Gasteiger partial charge in [0.25, 0.3) is 6.43 Å². The van der Waals surface area contributed by atoms with Gasteiger partial charge in [-0.15, -0.1) is 0 Å². The molecule has 1 aromatic rings. The van der Waals surface area contributed by atoms with Crippen LogP contribution in [-0.4, -0.2) is 13.1 Å². The minimum absolute atomic E-state index is 0.340. The van der Waals surface area contributed by atoms with Crippen LogP contribution in [0.15, 0.2) is 12.1 Å². The van der Waals surface area contributed by atoms with Gasteiger partial charge in [-0.2, -0.15) is 0 Å². The highest BCUT2D eigenvalue weighted by Gasteiger charge is 2.22. The number of hydrogen-bond donors (Lipinski definition) is 0. The monoisotopic (exact) mass is 222 g/mol. The van der Waals surface area contributed by atoms with Gasteiger partial charge in [-0.25, -0.2) is 22.4 Å². The van der Waals surface area contributed by atoms with Crippen molar-refractivity contribution in [3.05, 3.63) is 34.9 Å². The number of benzene rings is 1. The van der Waals surface area contributed by atoms with Crippen LogP contribution in [0.3, 0.4) is 0 Å². The minimum atomic E-state index is -3.19. The average molecular weight is 222 g/mol. The van der Waals surface area contributed by atoms with Crippen LogP contribution in [0.5, 0.6) is 0 Å². The summed E-state index contributed by atoms with van der Waals surface area (Å²) in [5, 5.41) is 0. The van der Waals surface area contributed by atoms with E-state index in [1.54, 1.807) is 0 Å². The van der Waals surface area contributed by atoms with Crippen LogP contribution in [0.2, 0.25) is 0 Å². The second kappa shape index (κ2) is 4.29. The summed E-state index contributed by atoms with van der Waals surface area (Å²) in [6.45, 7) is 0. The van der Waals surface area contributed by atoms with E-state index in [4.69, 9.17) is 0 Å². The molecule has 6 heteroatoms. The normalized spacial score (nSPS) is 10.5. The van der Waals surface area contributed by atoms with Crippen molar-refractivity contribution in [3.8, 4) is 0 Å². The standard InChI is InChI=1S/C9H6F4O2/c1-15-9(14)6-3-4(10)2-5(7(6)11)8(12)13/h2-3,8H,1H3. The lowest BCUT2D eigenvalue weighted by Gasteiger charge is -2.06. The third kappa shape index (κ3) is 2.26. The maximum atomic E-state index is 13.2. The van der Waals surface area contributed by atoms with Crippen molar-refractivity contribution >= 4 is 5.97 Å². The molecular formula is C9H6F4O2. The molecule has 0 spiro atoms. The molecule has 1 aromatic carbocycles.